The highest BCUT2D eigenvalue weighted by atomic mass is 32.2. The third kappa shape index (κ3) is 5.64. The average Bonchev–Trinajstić information content (AvgIpc) is 2.22. The molecule has 0 aliphatic carbocycles. The predicted molar refractivity (Wildman–Crippen MR) is 59.0 cm³/mol. The van der Waals surface area contributed by atoms with Gasteiger partial charge in [0.2, 0.25) is 5.91 Å². The van der Waals surface area contributed by atoms with Gasteiger partial charge in [-0.05, 0) is 25.4 Å². The predicted octanol–water partition coefficient (Wildman–Crippen LogP) is 0.344. The first kappa shape index (κ1) is 14.2. The largest absolute Gasteiger partial charge is 0.480 e. The Labute approximate surface area is 93.6 Å². The monoisotopic (exact) mass is 235 g/mol. The number of carboxylic acid groups (broad SMARTS) is 1. The average molecular weight is 235 g/mol. The van der Waals surface area contributed by atoms with Crippen molar-refractivity contribution in [2.45, 2.75) is 25.5 Å². The van der Waals surface area contributed by atoms with E-state index in [0.29, 0.717) is 12.2 Å². The van der Waals surface area contributed by atoms with Crippen LogP contribution in [-0.4, -0.2) is 48.2 Å². The Morgan fingerprint density at radius 2 is 2.13 bits per heavy atom. The quantitative estimate of drug-likeness (QED) is 0.665. The number of nitrogens with one attached hydrogen (secondary N) is 1. The molecular formula is C9H17NO4S. The highest BCUT2D eigenvalue weighted by Gasteiger charge is 2.22. The summed E-state index contributed by atoms with van der Waals surface area (Å²) >= 11 is 1.54. The van der Waals surface area contributed by atoms with Crippen LogP contribution in [-0.2, 0) is 14.3 Å². The van der Waals surface area contributed by atoms with Crippen LogP contribution in [0.15, 0.2) is 0 Å². The van der Waals surface area contributed by atoms with E-state index in [1.807, 2.05) is 6.26 Å². The van der Waals surface area contributed by atoms with E-state index in [2.05, 4.69) is 5.32 Å². The number of carboxylic acids is 1. The lowest BCUT2D eigenvalue weighted by Gasteiger charge is -2.16. The first-order valence-electron chi connectivity index (χ1n) is 4.57. The van der Waals surface area contributed by atoms with E-state index in [0.717, 1.165) is 0 Å². The number of thioether (sulfide) groups is 1. The van der Waals surface area contributed by atoms with Gasteiger partial charge < -0.3 is 15.2 Å². The molecule has 1 amide bonds. The van der Waals surface area contributed by atoms with Crippen LogP contribution in [0.5, 0.6) is 0 Å². The lowest BCUT2D eigenvalue weighted by molar-refractivity contribution is -0.143. The molecule has 0 aromatic heterocycles. The maximum Gasteiger partial charge on any atom is 0.326 e. The number of rotatable bonds is 7. The van der Waals surface area contributed by atoms with Crippen LogP contribution in [0.2, 0.25) is 0 Å². The summed E-state index contributed by atoms with van der Waals surface area (Å²) < 4.78 is 4.79. The smallest absolute Gasteiger partial charge is 0.326 e. The zero-order valence-corrected chi connectivity index (χ0v) is 9.97. The molecule has 0 saturated carbocycles. The molecule has 0 aromatic carbocycles. The number of ether oxygens (including phenoxy) is 1. The van der Waals surface area contributed by atoms with E-state index < -0.39 is 24.0 Å². The fourth-order valence-corrected chi connectivity index (χ4v) is 1.36. The van der Waals surface area contributed by atoms with Gasteiger partial charge in [-0.2, -0.15) is 11.8 Å². The van der Waals surface area contributed by atoms with Crippen molar-refractivity contribution in [2.24, 2.45) is 0 Å². The first-order chi connectivity index (χ1) is 7.02. The molecule has 88 valence electrons. The summed E-state index contributed by atoms with van der Waals surface area (Å²) in [5.41, 5.74) is 0. The highest BCUT2D eigenvalue weighted by Crippen LogP contribution is 2.01. The molecule has 5 nitrogen and oxygen atoms in total. The zero-order chi connectivity index (χ0) is 11.8. The second-order valence-electron chi connectivity index (χ2n) is 3.06. The van der Waals surface area contributed by atoms with Crippen molar-refractivity contribution < 1.29 is 19.4 Å². The molecule has 0 heterocycles. The van der Waals surface area contributed by atoms with E-state index in [9.17, 15) is 9.59 Å². The topological polar surface area (TPSA) is 75.6 Å². The number of carbonyl (C=O) groups is 2. The molecule has 0 aliphatic heterocycles. The van der Waals surface area contributed by atoms with Crippen LogP contribution in [0.25, 0.3) is 0 Å². The summed E-state index contributed by atoms with van der Waals surface area (Å²) in [5, 5.41) is 11.3. The van der Waals surface area contributed by atoms with Crippen LogP contribution >= 0.6 is 11.8 Å². The number of carbonyl (C=O) groups excluding carboxylic acids is 1. The zero-order valence-electron chi connectivity index (χ0n) is 9.15. The van der Waals surface area contributed by atoms with Crippen molar-refractivity contribution in [3.63, 3.8) is 0 Å². The molecule has 0 radical (unpaired) electrons. The van der Waals surface area contributed by atoms with Gasteiger partial charge in [0, 0.05) is 7.11 Å². The van der Waals surface area contributed by atoms with Crippen molar-refractivity contribution in [3.8, 4) is 0 Å². The van der Waals surface area contributed by atoms with Gasteiger partial charge in [-0.1, -0.05) is 0 Å². The Morgan fingerprint density at radius 3 is 2.53 bits per heavy atom. The van der Waals surface area contributed by atoms with Gasteiger partial charge in [0.15, 0.2) is 0 Å². The SMILES string of the molecule is COC(C)C(=O)N[C@H](CCSC)C(=O)O. The fourth-order valence-electron chi connectivity index (χ4n) is 0.889. The number of aliphatic carboxylic acids is 1. The van der Waals surface area contributed by atoms with Crippen molar-refractivity contribution in [1.82, 2.24) is 5.32 Å². The van der Waals surface area contributed by atoms with Crippen LogP contribution in [0, 0.1) is 0 Å². The van der Waals surface area contributed by atoms with Crippen LogP contribution in [0.3, 0.4) is 0 Å². The fraction of sp³-hybridized carbons (Fsp3) is 0.778. The molecule has 0 aliphatic rings. The summed E-state index contributed by atoms with van der Waals surface area (Å²) in [6.45, 7) is 1.57. The maximum atomic E-state index is 11.3. The minimum atomic E-state index is -1.01. The molecule has 2 atom stereocenters. The van der Waals surface area contributed by atoms with Gasteiger partial charge >= 0.3 is 5.97 Å². The van der Waals surface area contributed by atoms with Gasteiger partial charge in [0.05, 0.1) is 0 Å². The molecule has 0 aromatic rings. The molecule has 2 N–H and O–H groups in total. The lowest BCUT2D eigenvalue weighted by atomic mass is 10.2. The van der Waals surface area contributed by atoms with Crippen molar-refractivity contribution in [1.29, 1.82) is 0 Å². The maximum absolute atomic E-state index is 11.3. The second-order valence-corrected chi connectivity index (χ2v) is 4.04. The summed E-state index contributed by atoms with van der Waals surface area (Å²) in [5.74, 6) is -0.717. The Morgan fingerprint density at radius 1 is 1.53 bits per heavy atom. The second kappa shape index (κ2) is 7.53. The highest BCUT2D eigenvalue weighted by molar-refractivity contribution is 7.98. The summed E-state index contributed by atoms with van der Waals surface area (Å²) in [6.07, 6.45) is 1.68. The molecule has 0 bridgehead atoms. The normalized spacial score (nSPS) is 14.3. The number of hydrogen-bond donors (Lipinski definition) is 2. The third-order valence-corrected chi connectivity index (χ3v) is 2.59. The van der Waals surface area contributed by atoms with Crippen molar-refractivity contribution in [2.75, 3.05) is 19.1 Å². The van der Waals surface area contributed by atoms with E-state index >= 15 is 0 Å². The number of hydrogen-bond acceptors (Lipinski definition) is 4. The van der Waals surface area contributed by atoms with E-state index in [1.54, 1.807) is 18.7 Å². The lowest BCUT2D eigenvalue weighted by Crippen LogP contribution is -2.45. The molecular weight excluding hydrogens is 218 g/mol. The number of amides is 1. The standard InChI is InChI=1S/C9H17NO4S/c1-6(14-2)8(11)10-7(9(12)13)4-5-15-3/h6-7H,4-5H2,1-3H3,(H,10,11)(H,12,13)/t6?,7-/m1/s1. The third-order valence-electron chi connectivity index (χ3n) is 1.95. The first-order valence-corrected chi connectivity index (χ1v) is 5.97. The van der Waals surface area contributed by atoms with E-state index in [4.69, 9.17) is 9.84 Å². The van der Waals surface area contributed by atoms with Crippen LogP contribution in [0.1, 0.15) is 13.3 Å². The molecule has 6 heteroatoms. The van der Waals surface area contributed by atoms with Crippen LogP contribution < -0.4 is 5.32 Å². The van der Waals surface area contributed by atoms with Gasteiger partial charge in [0.25, 0.3) is 0 Å². The molecule has 0 saturated heterocycles. The molecule has 0 rings (SSSR count). The molecule has 1 unspecified atom stereocenters. The molecule has 0 fully saturated rings. The number of methoxy groups -OCH3 is 1. The van der Waals surface area contributed by atoms with Crippen molar-refractivity contribution in [3.05, 3.63) is 0 Å². The van der Waals surface area contributed by atoms with E-state index in [1.165, 1.54) is 7.11 Å². The van der Waals surface area contributed by atoms with Crippen molar-refractivity contribution >= 4 is 23.6 Å². The van der Waals surface area contributed by atoms with Crippen LogP contribution in [0.4, 0.5) is 0 Å². The Kier molecular flexibility index (Phi) is 7.15. The molecule has 15 heavy (non-hydrogen) atoms. The minimum Gasteiger partial charge on any atom is -0.480 e. The summed E-state index contributed by atoms with van der Waals surface area (Å²) in [4.78, 5) is 22.1. The summed E-state index contributed by atoms with van der Waals surface area (Å²) in [7, 11) is 1.40. The van der Waals surface area contributed by atoms with E-state index in [-0.39, 0.29) is 0 Å². The minimum absolute atomic E-state index is 0.397. The van der Waals surface area contributed by atoms with Gasteiger partial charge in [-0.3, -0.25) is 4.79 Å². The Hall–Kier alpha value is -0.750. The Balaban J connectivity index is 4.16. The Bertz CT molecular complexity index is 222. The molecule has 0 spiro atoms. The van der Waals surface area contributed by atoms with Gasteiger partial charge in [0.1, 0.15) is 12.1 Å². The van der Waals surface area contributed by atoms with Gasteiger partial charge in [-0.25, -0.2) is 4.79 Å². The summed E-state index contributed by atoms with van der Waals surface area (Å²) in [6, 6.07) is -0.831. The van der Waals surface area contributed by atoms with Gasteiger partial charge in [-0.15, -0.1) is 0 Å².